The molecular weight excluding hydrogens is 328 g/mol. The Morgan fingerprint density at radius 2 is 2.04 bits per heavy atom. The summed E-state index contributed by atoms with van der Waals surface area (Å²) in [5.41, 5.74) is 0.604. The molecule has 0 aliphatic heterocycles. The van der Waals surface area contributed by atoms with Crippen LogP contribution in [0.15, 0.2) is 29.2 Å². The maximum atomic E-state index is 12.7. The lowest BCUT2D eigenvalue weighted by atomic mass is 9.93. The molecule has 6 heteroatoms. The van der Waals surface area contributed by atoms with Crippen LogP contribution in [-0.4, -0.2) is 27.7 Å². The van der Waals surface area contributed by atoms with E-state index in [1.807, 2.05) is 11.5 Å². The van der Waals surface area contributed by atoms with Crippen molar-refractivity contribution in [2.75, 3.05) is 0 Å². The molecule has 0 radical (unpaired) electrons. The standard InChI is InChI=1S/C18H21ClN2O3/c1-2-21-10-15(17(23)14-9-11(19)3-8-16(14)21)18(24)20-12-4-6-13(22)7-5-12/h3,8-10,12-13,22H,2,4-7H2,1H3,(H,20,24). The van der Waals surface area contributed by atoms with Gasteiger partial charge in [0.1, 0.15) is 5.56 Å². The number of nitrogens with zero attached hydrogens (tertiary/aromatic N) is 1. The molecular formula is C18H21ClN2O3. The van der Waals surface area contributed by atoms with Gasteiger partial charge >= 0.3 is 0 Å². The first-order chi connectivity index (χ1) is 11.5. The zero-order chi connectivity index (χ0) is 17.3. The number of carbonyl (C=O) groups is 1. The number of aryl methyl sites for hydroxylation is 1. The van der Waals surface area contributed by atoms with Gasteiger partial charge in [0, 0.05) is 29.2 Å². The second-order valence-corrected chi connectivity index (χ2v) is 6.73. The second-order valence-electron chi connectivity index (χ2n) is 6.30. The molecule has 1 aromatic heterocycles. The van der Waals surface area contributed by atoms with Crippen LogP contribution in [0.2, 0.25) is 5.02 Å². The number of benzene rings is 1. The van der Waals surface area contributed by atoms with E-state index in [4.69, 9.17) is 11.6 Å². The van der Waals surface area contributed by atoms with Gasteiger partial charge in [-0.15, -0.1) is 0 Å². The minimum absolute atomic E-state index is 0.00503. The number of nitrogens with one attached hydrogen (secondary N) is 1. The molecule has 3 rings (SSSR count). The number of aliphatic hydroxyl groups is 1. The van der Waals surface area contributed by atoms with Crippen molar-refractivity contribution in [3.05, 3.63) is 45.2 Å². The Labute approximate surface area is 145 Å². The van der Waals surface area contributed by atoms with Gasteiger partial charge in [-0.1, -0.05) is 11.6 Å². The number of fused-ring (bicyclic) bond motifs is 1. The summed E-state index contributed by atoms with van der Waals surface area (Å²) in [7, 11) is 0. The van der Waals surface area contributed by atoms with Crippen molar-refractivity contribution in [1.29, 1.82) is 0 Å². The maximum Gasteiger partial charge on any atom is 0.256 e. The van der Waals surface area contributed by atoms with E-state index in [2.05, 4.69) is 5.32 Å². The summed E-state index contributed by atoms with van der Waals surface area (Å²) >= 11 is 6.01. The fourth-order valence-electron chi connectivity index (χ4n) is 3.28. The van der Waals surface area contributed by atoms with Gasteiger partial charge < -0.3 is 15.0 Å². The molecule has 0 atom stereocenters. The van der Waals surface area contributed by atoms with Crippen molar-refractivity contribution < 1.29 is 9.90 Å². The molecule has 24 heavy (non-hydrogen) atoms. The van der Waals surface area contributed by atoms with E-state index in [-0.39, 0.29) is 29.0 Å². The van der Waals surface area contributed by atoms with Gasteiger partial charge in [-0.05, 0) is 50.8 Å². The molecule has 1 aliphatic carbocycles. The zero-order valence-corrected chi connectivity index (χ0v) is 14.3. The van der Waals surface area contributed by atoms with Gasteiger partial charge in [-0.2, -0.15) is 0 Å². The van der Waals surface area contributed by atoms with Gasteiger partial charge in [0.05, 0.1) is 11.6 Å². The van der Waals surface area contributed by atoms with E-state index in [0.717, 1.165) is 18.4 Å². The number of amides is 1. The monoisotopic (exact) mass is 348 g/mol. The Kier molecular flexibility index (Phi) is 4.92. The molecule has 1 aromatic carbocycles. The third kappa shape index (κ3) is 3.32. The van der Waals surface area contributed by atoms with E-state index in [9.17, 15) is 14.7 Å². The Bertz CT molecular complexity index is 823. The average Bonchev–Trinajstić information content (AvgIpc) is 2.57. The van der Waals surface area contributed by atoms with Crippen molar-refractivity contribution in [2.45, 2.75) is 51.3 Å². The molecule has 0 saturated heterocycles. The summed E-state index contributed by atoms with van der Waals surface area (Å²) in [6.45, 7) is 2.61. The summed E-state index contributed by atoms with van der Waals surface area (Å²) in [5.74, 6) is -0.356. The average molecular weight is 349 g/mol. The van der Waals surface area contributed by atoms with Crippen molar-refractivity contribution in [1.82, 2.24) is 9.88 Å². The molecule has 1 saturated carbocycles. The van der Waals surface area contributed by atoms with Crippen LogP contribution in [-0.2, 0) is 6.54 Å². The third-order valence-electron chi connectivity index (χ3n) is 4.66. The highest BCUT2D eigenvalue weighted by Crippen LogP contribution is 2.20. The molecule has 2 N–H and O–H groups in total. The van der Waals surface area contributed by atoms with E-state index in [1.54, 1.807) is 24.4 Å². The van der Waals surface area contributed by atoms with E-state index in [0.29, 0.717) is 29.8 Å². The Hall–Kier alpha value is -1.85. The molecule has 0 spiro atoms. The van der Waals surface area contributed by atoms with Gasteiger partial charge in [-0.25, -0.2) is 0 Å². The van der Waals surface area contributed by atoms with Gasteiger partial charge in [-0.3, -0.25) is 9.59 Å². The van der Waals surface area contributed by atoms with E-state index < -0.39 is 0 Å². The van der Waals surface area contributed by atoms with Crippen LogP contribution < -0.4 is 10.7 Å². The second kappa shape index (κ2) is 6.95. The normalized spacial score (nSPS) is 21.0. The predicted octanol–water partition coefficient (Wildman–Crippen LogP) is 2.71. The minimum Gasteiger partial charge on any atom is -0.393 e. The molecule has 0 unspecified atom stereocenters. The fourth-order valence-corrected chi connectivity index (χ4v) is 3.45. The molecule has 2 aromatic rings. The summed E-state index contributed by atoms with van der Waals surface area (Å²) in [6.07, 6.45) is 4.15. The number of hydrogen-bond donors (Lipinski definition) is 2. The Balaban J connectivity index is 1.95. The summed E-state index contributed by atoms with van der Waals surface area (Å²) < 4.78 is 1.88. The summed E-state index contributed by atoms with van der Waals surface area (Å²) in [6, 6.07) is 5.15. The fraction of sp³-hybridized carbons (Fsp3) is 0.444. The van der Waals surface area contributed by atoms with E-state index in [1.165, 1.54) is 0 Å². The predicted molar refractivity (Wildman–Crippen MR) is 94.6 cm³/mol. The number of aromatic nitrogens is 1. The Morgan fingerprint density at radius 3 is 2.71 bits per heavy atom. The van der Waals surface area contributed by atoms with Crippen LogP contribution >= 0.6 is 11.6 Å². The van der Waals surface area contributed by atoms with Gasteiger partial charge in [0.2, 0.25) is 5.43 Å². The van der Waals surface area contributed by atoms with Crippen LogP contribution in [0.4, 0.5) is 0 Å². The Morgan fingerprint density at radius 1 is 1.33 bits per heavy atom. The molecule has 0 bridgehead atoms. The SMILES string of the molecule is CCn1cc(C(=O)NC2CCC(O)CC2)c(=O)c2cc(Cl)ccc21. The van der Waals surface area contributed by atoms with Crippen molar-refractivity contribution >= 4 is 28.4 Å². The van der Waals surface area contributed by atoms with Crippen molar-refractivity contribution in [2.24, 2.45) is 0 Å². The molecule has 1 aliphatic rings. The number of halogens is 1. The third-order valence-corrected chi connectivity index (χ3v) is 4.89. The van der Waals surface area contributed by atoms with Crippen LogP contribution in [0.1, 0.15) is 43.0 Å². The first-order valence-corrected chi connectivity index (χ1v) is 8.69. The molecule has 1 heterocycles. The number of rotatable bonds is 3. The smallest absolute Gasteiger partial charge is 0.256 e. The maximum absolute atomic E-state index is 12.7. The topological polar surface area (TPSA) is 71.3 Å². The highest BCUT2D eigenvalue weighted by Gasteiger charge is 2.23. The molecule has 5 nitrogen and oxygen atoms in total. The van der Waals surface area contributed by atoms with Crippen LogP contribution in [0.5, 0.6) is 0 Å². The lowest BCUT2D eigenvalue weighted by Crippen LogP contribution is -2.40. The number of aliphatic hydroxyl groups excluding tert-OH is 1. The van der Waals surface area contributed by atoms with Crippen LogP contribution in [0, 0.1) is 0 Å². The zero-order valence-electron chi connectivity index (χ0n) is 13.6. The number of hydrogen-bond acceptors (Lipinski definition) is 3. The highest BCUT2D eigenvalue weighted by atomic mass is 35.5. The molecule has 128 valence electrons. The first-order valence-electron chi connectivity index (χ1n) is 8.31. The number of pyridine rings is 1. The number of carbonyl (C=O) groups excluding carboxylic acids is 1. The lowest BCUT2D eigenvalue weighted by molar-refractivity contribution is 0.0866. The van der Waals surface area contributed by atoms with Crippen molar-refractivity contribution in [3.8, 4) is 0 Å². The highest BCUT2D eigenvalue weighted by molar-refractivity contribution is 6.31. The largest absolute Gasteiger partial charge is 0.393 e. The molecule has 1 amide bonds. The van der Waals surface area contributed by atoms with E-state index >= 15 is 0 Å². The van der Waals surface area contributed by atoms with Gasteiger partial charge in [0.15, 0.2) is 0 Å². The van der Waals surface area contributed by atoms with Gasteiger partial charge in [0.25, 0.3) is 5.91 Å². The first kappa shape index (κ1) is 17.0. The summed E-state index contributed by atoms with van der Waals surface area (Å²) in [5, 5.41) is 13.4. The van der Waals surface area contributed by atoms with Crippen LogP contribution in [0.25, 0.3) is 10.9 Å². The van der Waals surface area contributed by atoms with Crippen molar-refractivity contribution in [3.63, 3.8) is 0 Å². The minimum atomic E-state index is -0.356. The molecule has 1 fully saturated rings. The van der Waals surface area contributed by atoms with Crippen LogP contribution in [0.3, 0.4) is 0 Å². The quantitative estimate of drug-likeness (QED) is 0.895. The summed E-state index contributed by atoms with van der Waals surface area (Å²) in [4.78, 5) is 25.3. The lowest BCUT2D eigenvalue weighted by Gasteiger charge is -2.26.